The molecule has 1 rings (SSSR count). The summed E-state index contributed by atoms with van der Waals surface area (Å²) in [6.07, 6.45) is 1.69. The summed E-state index contributed by atoms with van der Waals surface area (Å²) < 4.78 is 11.9. The molecule has 12 heavy (non-hydrogen) atoms. The van der Waals surface area contributed by atoms with Crippen molar-refractivity contribution in [3.63, 3.8) is 0 Å². The normalized spacial score (nSPS) is 13.2. The zero-order valence-electron chi connectivity index (χ0n) is 7.65. The van der Waals surface area contributed by atoms with Gasteiger partial charge in [-0.2, -0.15) is 5.10 Å². The topological polar surface area (TPSA) is 36.3 Å². The van der Waals surface area contributed by atoms with Crippen LogP contribution >= 0.6 is 0 Å². The van der Waals surface area contributed by atoms with E-state index in [4.69, 9.17) is 9.47 Å². The Morgan fingerprint density at radius 3 is 2.92 bits per heavy atom. The van der Waals surface area contributed by atoms with Gasteiger partial charge in [0.25, 0.3) is 0 Å². The van der Waals surface area contributed by atoms with E-state index in [1.54, 1.807) is 11.8 Å². The zero-order valence-corrected chi connectivity index (χ0v) is 7.65. The van der Waals surface area contributed by atoms with E-state index >= 15 is 0 Å². The summed E-state index contributed by atoms with van der Waals surface area (Å²) in [5.74, 6) is 0. The molecule has 0 bridgehead atoms. The highest BCUT2D eigenvalue weighted by Crippen LogP contribution is 1.96. The Morgan fingerprint density at radius 1 is 1.67 bits per heavy atom. The third-order valence-corrected chi connectivity index (χ3v) is 1.55. The van der Waals surface area contributed by atoms with Crippen molar-refractivity contribution in [1.29, 1.82) is 0 Å². The second kappa shape index (κ2) is 4.23. The minimum atomic E-state index is -0.186. The molecular formula is C8H14N2O2. The number of nitrogens with zero attached hydrogens (tertiary/aromatic N) is 2. The number of hydrogen-bond donors (Lipinski definition) is 0. The molecule has 68 valence electrons. The van der Waals surface area contributed by atoms with Crippen molar-refractivity contribution in [2.75, 3.05) is 7.11 Å². The van der Waals surface area contributed by atoms with Crippen LogP contribution in [-0.4, -0.2) is 23.2 Å². The Labute approximate surface area is 72.1 Å². The van der Waals surface area contributed by atoms with Crippen LogP contribution in [0.1, 0.15) is 12.6 Å². The molecule has 1 heterocycles. The quantitative estimate of drug-likeness (QED) is 0.636. The lowest BCUT2D eigenvalue weighted by molar-refractivity contribution is -0.136. The summed E-state index contributed by atoms with van der Waals surface area (Å²) in [6, 6.07) is 1.93. The van der Waals surface area contributed by atoms with Crippen LogP contribution in [0.25, 0.3) is 0 Å². The van der Waals surface area contributed by atoms with E-state index in [2.05, 4.69) is 5.10 Å². The first kappa shape index (κ1) is 9.22. The van der Waals surface area contributed by atoms with Crippen LogP contribution in [0.3, 0.4) is 0 Å². The maximum Gasteiger partial charge on any atom is 0.156 e. The van der Waals surface area contributed by atoms with Crippen molar-refractivity contribution in [3.05, 3.63) is 18.0 Å². The van der Waals surface area contributed by atoms with Gasteiger partial charge in [0.1, 0.15) is 6.73 Å². The average Bonchev–Trinajstić information content (AvgIpc) is 2.47. The number of aryl methyl sites for hydroxylation is 1. The predicted molar refractivity (Wildman–Crippen MR) is 44.5 cm³/mol. The molecule has 0 aliphatic rings. The van der Waals surface area contributed by atoms with Crippen molar-refractivity contribution in [2.24, 2.45) is 0 Å². The number of hydrogen-bond acceptors (Lipinski definition) is 3. The molecule has 0 aromatic carbocycles. The van der Waals surface area contributed by atoms with Gasteiger partial charge in [0.05, 0.1) is 5.69 Å². The summed E-state index contributed by atoms with van der Waals surface area (Å²) in [6.45, 7) is 4.22. The molecule has 0 aliphatic heterocycles. The monoisotopic (exact) mass is 170 g/mol. The van der Waals surface area contributed by atoms with Crippen LogP contribution < -0.4 is 0 Å². The molecule has 0 radical (unpaired) electrons. The number of methoxy groups -OCH3 is 1. The fraction of sp³-hybridized carbons (Fsp3) is 0.625. The summed E-state index contributed by atoms with van der Waals surface area (Å²) in [4.78, 5) is 0. The molecule has 1 atom stereocenters. The minimum Gasteiger partial charge on any atom is -0.356 e. The van der Waals surface area contributed by atoms with Gasteiger partial charge in [-0.05, 0) is 19.9 Å². The largest absolute Gasteiger partial charge is 0.356 e. The van der Waals surface area contributed by atoms with Gasteiger partial charge in [-0.25, -0.2) is 4.68 Å². The molecule has 0 aliphatic carbocycles. The van der Waals surface area contributed by atoms with Crippen LogP contribution in [0.5, 0.6) is 0 Å². The molecule has 1 aromatic heterocycles. The highest BCUT2D eigenvalue weighted by Gasteiger charge is 1.99. The van der Waals surface area contributed by atoms with Gasteiger partial charge in [-0.15, -0.1) is 0 Å². The number of ether oxygens (including phenoxy) is 2. The lowest BCUT2D eigenvalue weighted by atomic mass is 10.5. The van der Waals surface area contributed by atoms with Crippen molar-refractivity contribution < 1.29 is 9.47 Å². The molecule has 0 spiro atoms. The predicted octanol–water partition coefficient (Wildman–Crippen LogP) is 1.16. The van der Waals surface area contributed by atoms with Gasteiger partial charge < -0.3 is 9.47 Å². The molecule has 0 N–H and O–H groups in total. The Balaban J connectivity index is 2.33. The Morgan fingerprint density at radius 2 is 2.42 bits per heavy atom. The standard InChI is InChI=1S/C8H14N2O2/c1-7-4-5-10(9-7)6-12-8(2)11-3/h4-5,8H,6H2,1-3H3. The Kier molecular flexibility index (Phi) is 3.25. The molecule has 1 unspecified atom stereocenters. The molecule has 0 saturated heterocycles. The van der Waals surface area contributed by atoms with Crippen LogP contribution in [0.15, 0.2) is 12.3 Å². The Bertz CT molecular complexity index is 235. The van der Waals surface area contributed by atoms with Crippen LogP contribution in [0, 0.1) is 6.92 Å². The van der Waals surface area contributed by atoms with E-state index in [0.29, 0.717) is 6.73 Å². The SMILES string of the molecule is COC(C)OCn1ccc(C)n1. The van der Waals surface area contributed by atoms with Gasteiger partial charge >= 0.3 is 0 Å². The molecule has 0 saturated carbocycles. The van der Waals surface area contributed by atoms with Crippen molar-refractivity contribution in [3.8, 4) is 0 Å². The summed E-state index contributed by atoms with van der Waals surface area (Å²) in [5, 5.41) is 4.15. The second-order valence-electron chi connectivity index (χ2n) is 2.60. The third kappa shape index (κ3) is 2.64. The summed E-state index contributed by atoms with van der Waals surface area (Å²) in [5.41, 5.74) is 0.990. The number of rotatable bonds is 4. The van der Waals surface area contributed by atoms with E-state index in [9.17, 15) is 0 Å². The van der Waals surface area contributed by atoms with E-state index in [1.165, 1.54) is 0 Å². The van der Waals surface area contributed by atoms with E-state index < -0.39 is 0 Å². The molecule has 4 nitrogen and oxygen atoms in total. The maximum absolute atomic E-state index is 5.27. The van der Waals surface area contributed by atoms with Crippen LogP contribution in [0.2, 0.25) is 0 Å². The molecule has 0 fully saturated rings. The summed E-state index contributed by atoms with van der Waals surface area (Å²) in [7, 11) is 1.61. The van der Waals surface area contributed by atoms with Gasteiger partial charge in [-0.1, -0.05) is 0 Å². The highest BCUT2D eigenvalue weighted by atomic mass is 16.7. The third-order valence-electron chi connectivity index (χ3n) is 1.55. The first-order chi connectivity index (χ1) is 5.72. The minimum absolute atomic E-state index is 0.186. The van der Waals surface area contributed by atoms with Crippen LogP contribution in [0.4, 0.5) is 0 Å². The van der Waals surface area contributed by atoms with Crippen molar-refractivity contribution in [1.82, 2.24) is 9.78 Å². The lowest BCUT2D eigenvalue weighted by Crippen LogP contribution is -2.13. The van der Waals surface area contributed by atoms with Gasteiger partial charge in [0.2, 0.25) is 0 Å². The second-order valence-corrected chi connectivity index (χ2v) is 2.60. The Hall–Kier alpha value is -0.870. The number of aromatic nitrogens is 2. The fourth-order valence-corrected chi connectivity index (χ4v) is 0.784. The van der Waals surface area contributed by atoms with E-state index in [0.717, 1.165) is 5.69 Å². The molecule has 4 heteroatoms. The van der Waals surface area contributed by atoms with Crippen molar-refractivity contribution >= 4 is 0 Å². The molecular weight excluding hydrogens is 156 g/mol. The van der Waals surface area contributed by atoms with E-state index in [1.807, 2.05) is 26.1 Å². The summed E-state index contributed by atoms with van der Waals surface area (Å²) >= 11 is 0. The highest BCUT2D eigenvalue weighted by molar-refractivity contribution is 4.94. The molecule has 0 amide bonds. The smallest absolute Gasteiger partial charge is 0.156 e. The van der Waals surface area contributed by atoms with Gasteiger partial charge in [0, 0.05) is 13.3 Å². The first-order valence-corrected chi connectivity index (χ1v) is 3.87. The van der Waals surface area contributed by atoms with E-state index in [-0.39, 0.29) is 6.29 Å². The van der Waals surface area contributed by atoms with Gasteiger partial charge in [-0.3, -0.25) is 0 Å². The first-order valence-electron chi connectivity index (χ1n) is 3.87. The molecule has 1 aromatic rings. The maximum atomic E-state index is 5.27. The van der Waals surface area contributed by atoms with Gasteiger partial charge in [0.15, 0.2) is 6.29 Å². The lowest BCUT2D eigenvalue weighted by Gasteiger charge is -2.10. The zero-order chi connectivity index (χ0) is 8.97. The van der Waals surface area contributed by atoms with Crippen molar-refractivity contribution in [2.45, 2.75) is 26.9 Å². The fourth-order valence-electron chi connectivity index (χ4n) is 0.784. The average molecular weight is 170 g/mol. The van der Waals surface area contributed by atoms with Crippen LogP contribution in [-0.2, 0) is 16.2 Å².